The number of amides is 1. The molecule has 1 fully saturated rings. The van der Waals surface area contributed by atoms with Crippen LogP contribution in [0, 0.1) is 0 Å². The van der Waals surface area contributed by atoms with Gasteiger partial charge in [0.25, 0.3) is 0 Å². The maximum atomic E-state index is 12.6. The van der Waals surface area contributed by atoms with Crippen molar-refractivity contribution in [2.45, 2.75) is 19.5 Å². The first-order valence-corrected chi connectivity index (χ1v) is 10.7. The highest BCUT2D eigenvalue weighted by Crippen LogP contribution is 2.23. The van der Waals surface area contributed by atoms with E-state index >= 15 is 0 Å². The van der Waals surface area contributed by atoms with Crippen molar-refractivity contribution in [3.63, 3.8) is 0 Å². The van der Waals surface area contributed by atoms with Crippen molar-refractivity contribution in [2.75, 3.05) is 31.5 Å². The number of hydrogen-bond acceptors (Lipinski definition) is 5. The Morgan fingerprint density at radius 1 is 1.14 bits per heavy atom. The summed E-state index contributed by atoms with van der Waals surface area (Å²) in [5, 5.41) is 4.79. The largest absolute Gasteiger partial charge is 0.325 e. The maximum absolute atomic E-state index is 12.6. The highest BCUT2D eigenvalue weighted by molar-refractivity contribution is 7.18. The van der Waals surface area contributed by atoms with Gasteiger partial charge in [-0.2, -0.15) is 0 Å². The summed E-state index contributed by atoms with van der Waals surface area (Å²) in [6, 6.07) is 15.3. The monoisotopic (exact) mass is 414 g/mol. The number of anilines is 1. The molecule has 1 aliphatic heterocycles. The van der Waals surface area contributed by atoms with Crippen molar-refractivity contribution in [1.29, 1.82) is 0 Å². The Labute approximate surface area is 173 Å². The molecule has 0 spiro atoms. The van der Waals surface area contributed by atoms with E-state index in [9.17, 15) is 4.79 Å². The number of nitrogens with one attached hydrogen (secondary N) is 1. The predicted octanol–water partition coefficient (Wildman–Crippen LogP) is 4.09. The Balaban J connectivity index is 1.29. The average Bonchev–Trinajstić information content (AvgIpc) is 3.12. The number of aromatic nitrogens is 1. The third-order valence-electron chi connectivity index (χ3n) is 5.14. The lowest BCUT2D eigenvalue weighted by molar-refractivity contribution is -0.121. The second kappa shape index (κ2) is 8.57. The Kier molecular flexibility index (Phi) is 5.92. The molecule has 4 rings (SSSR count). The fourth-order valence-corrected chi connectivity index (χ4v) is 4.57. The maximum Gasteiger partial charge on any atom is 0.241 e. The molecule has 1 aliphatic rings. The summed E-state index contributed by atoms with van der Waals surface area (Å²) in [7, 11) is 0. The second-order valence-corrected chi connectivity index (χ2v) is 8.61. The molecule has 7 heteroatoms. The normalized spacial score (nSPS) is 16.9. The molecule has 2 aromatic carbocycles. The van der Waals surface area contributed by atoms with Crippen LogP contribution in [0.3, 0.4) is 0 Å². The van der Waals surface area contributed by atoms with Crippen LogP contribution in [-0.2, 0) is 11.3 Å². The number of fused-ring (bicyclic) bond motifs is 1. The first-order valence-electron chi connectivity index (χ1n) is 9.46. The summed E-state index contributed by atoms with van der Waals surface area (Å²) in [6.45, 7) is 6.47. The van der Waals surface area contributed by atoms with Crippen molar-refractivity contribution in [2.24, 2.45) is 0 Å². The van der Waals surface area contributed by atoms with Gasteiger partial charge in [0.2, 0.25) is 5.91 Å². The van der Waals surface area contributed by atoms with E-state index in [0.29, 0.717) is 5.02 Å². The molecule has 1 atom stereocenters. The molecule has 1 aromatic heterocycles. The molecule has 1 N–H and O–H groups in total. The molecule has 0 bridgehead atoms. The van der Waals surface area contributed by atoms with Crippen LogP contribution in [0.4, 0.5) is 5.69 Å². The smallest absolute Gasteiger partial charge is 0.241 e. The first kappa shape index (κ1) is 19.3. The van der Waals surface area contributed by atoms with E-state index in [-0.39, 0.29) is 11.9 Å². The van der Waals surface area contributed by atoms with Gasteiger partial charge in [-0.1, -0.05) is 23.7 Å². The lowest BCUT2D eigenvalue weighted by Crippen LogP contribution is -2.52. The molecule has 0 saturated carbocycles. The molecular formula is C21H23ClN4OS. The van der Waals surface area contributed by atoms with E-state index < -0.39 is 0 Å². The van der Waals surface area contributed by atoms with Gasteiger partial charge in [-0.05, 0) is 43.3 Å². The van der Waals surface area contributed by atoms with E-state index in [1.54, 1.807) is 23.5 Å². The number of hydrogen-bond donors (Lipinski definition) is 1. The summed E-state index contributed by atoms with van der Waals surface area (Å²) in [4.78, 5) is 21.9. The van der Waals surface area contributed by atoms with Gasteiger partial charge in [0.1, 0.15) is 5.01 Å². The van der Waals surface area contributed by atoms with E-state index in [1.807, 2.05) is 25.1 Å². The van der Waals surface area contributed by atoms with Gasteiger partial charge in [0.15, 0.2) is 0 Å². The van der Waals surface area contributed by atoms with Crippen molar-refractivity contribution < 1.29 is 4.79 Å². The zero-order valence-corrected chi connectivity index (χ0v) is 17.3. The Bertz CT molecular complexity index is 917. The zero-order valence-electron chi connectivity index (χ0n) is 15.8. The topological polar surface area (TPSA) is 48.5 Å². The van der Waals surface area contributed by atoms with Gasteiger partial charge >= 0.3 is 0 Å². The standard InChI is InChI=1S/C21H23ClN4OS/c1-15(21(27)23-17-8-6-16(22)7-9-17)26-12-10-25(11-13-26)14-20-24-18-4-2-3-5-19(18)28-20/h2-9,15H,10-14H2,1H3,(H,23,27)/t15-/m0/s1. The van der Waals surface area contributed by atoms with Gasteiger partial charge in [-0.3, -0.25) is 14.6 Å². The number of thiazole rings is 1. The molecule has 2 heterocycles. The summed E-state index contributed by atoms with van der Waals surface area (Å²) < 4.78 is 1.24. The van der Waals surface area contributed by atoms with Crippen LogP contribution in [0.15, 0.2) is 48.5 Å². The van der Waals surface area contributed by atoms with Crippen LogP contribution in [-0.4, -0.2) is 52.9 Å². The third-order valence-corrected chi connectivity index (χ3v) is 6.42. The Morgan fingerprint density at radius 2 is 1.86 bits per heavy atom. The number of nitrogens with zero attached hydrogens (tertiary/aromatic N) is 3. The Hall–Kier alpha value is -1.99. The molecule has 0 radical (unpaired) electrons. The molecule has 28 heavy (non-hydrogen) atoms. The van der Waals surface area contributed by atoms with Gasteiger partial charge < -0.3 is 5.32 Å². The average molecular weight is 415 g/mol. The highest BCUT2D eigenvalue weighted by atomic mass is 35.5. The third kappa shape index (κ3) is 4.52. The number of piperazine rings is 1. The van der Waals surface area contributed by atoms with Crippen molar-refractivity contribution in [1.82, 2.24) is 14.8 Å². The minimum Gasteiger partial charge on any atom is -0.325 e. The Morgan fingerprint density at radius 3 is 2.57 bits per heavy atom. The van der Waals surface area contributed by atoms with Gasteiger partial charge in [-0.25, -0.2) is 4.98 Å². The van der Waals surface area contributed by atoms with Gasteiger partial charge in [-0.15, -0.1) is 11.3 Å². The summed E-state index contributed by atoms with van der Waals surface area (Å²) in [5.41, 5.74) is 1.85. The van der Waals surface area contributed by atoms with E-state index in [2.05, 4.69) is 33.3 Å². The lowest BCUT2D eigenvalue weighted by atomic mass is 10.2. The van der Waals surface area contributed by atoms with Crippen molar-refractivity contribution in [3.8, 4) is 0 Å². The predicted molar refractivity (Wildman–Crippen MR) is 116 cm³/mol. The zero-order chi connectivity index (χ0) is 19.5. The molecule has 146 valence electrons. The van der Waals surface area contributed by atoms with Crippen LogP contribution in [0.1, 0.15) is 11.9 Å². The number of carbonyl (C=O) groups is 1. The molecule has 5 nitrogen and oxygen atoms in total. The molecule has 1 amide bonds. The van der Waals surface area contributed by atoms with Crippen LogP contribution in [0.25, 0.3) is 10.2 Å². The minimum absolute atomic E-state index is 0.0157. The molecule has 1 saturated heterocycles. The summed E-state index contributed by atoms with van der Waals surface area (Å²) in [6.07, 6.45) is 0. The highest BCUT2D eigenvalue weighted by Gasteiger charge is 2.26. The van der Waals surface area contributed by atoms with Gasteiger partial charge in [0.05, 0.1) is 22.8 Å². The van der Waals surface area contributed by atoms with E-state index in [1.165, 1.54) is 4.70 Å². The first-order chi connectivity index (χ1) is 13.6. The SMILES string of the molecule is C[C@@H](C(=O)Nc1ccc(Cl)cc1)N1CCN(Cc2nc3ccccc3s2)CC1. The van der Waals surface area contributed by atoms with Crippen molar-refractivity contribution >= 4 is 44.7 Å². The molecule has 0 unspecified atom stereocenters. The molecule has 0 aliphatic carbocycles. The fourth-order valence-electron chi connectivity index (χ4n) is 3.43. The van der Waals surface area contributed by atoms with Gasteiger partial charge in [0, 0.05) is 36.9 Å². The summed E-state index contributed by atoms with van der Waals surface area (Å²) >= 11 is 7.66. The van der Waals surface area contributed by atoms with Crippen LogP contribution >= 0.6 is 22.9 Å². The van der Waals surface area contributed by atoms with Crippen LogP contribution in [0.2, 0.25) is 5.02 Å². The minimum atomic E-state index is -0.166. The molecular weight excluding hydrogens is 392 g/mol. The number of halogens is 1. The fraction of sp³-hybridized carbons (Fsp3) is 0.333. The summed E-state index contributed by atoms with van der Waals surface area (Å²) in [5.74, 6) is 0.0157. The number of para-hydroxylation sites is 1. The number of rotatable bonds is 5. The van der Waals surface area contributed by atoms with Crippen LogP contribution in [0.5, 0.6) is 0 Å². The quantitative estimate of drug-likeness (QED) is 0.683. The van der Waals surface area contributed by atoms with Crippen LogP contribution < -0.4 is 5.32 Å². The second-order valence-electron chi connectivity index (χ2n) is 7.06. The molecule has 3 aromatic rings. The number of carbonyl (C=O) groups excluding carboxylic acids is 1. The van der Waals surface area contributed by atoms with E-state index in [4.69, 9.17) is 16.6 Å². The van der Waals surface area contributed by atoms with Crippen molar-refractivity contribution in [3.05, 3.63) is 58.6 Å². The van der Waals surface area contributed by atoms with E-state index in [0.717, 1.165) is 48.9 Å². The number of benzene rings is 2. The lowest BCUT2D eigenvalue weighted by Gasteiger charge is -2.37.